The maximum atomic E-state index is 14.3. The molecule has 1 unspecified atom stereocenters. The van der Waals surface area contributed by atoms with E-state index in [-0.39, 0.29) is 17.2 Å². The standard InChI is InChI=1S/C18H22F2N2O2/c1-11(8-12(2)24-3)22-18(23)14-9-15(19)17(16(20)10-14)13-4-6-21-7-5-13/h4,9-11,21H,2,5-8H2,1,3H3,(H,22,23). The number of carbonyl (C=O) groups excluding carboxylic acids is 1. The number of ether oxygens (including phenoxy) is 1. The summed E-state index contributed by atoms with van der Waals surface area (Å²) in [4.78, 5) is 12.2. The molecule has 1 aromatic rings. The van der Waals surface area contributed by atoms with Crippen molar-refractivity contribution in [3.8, 4) is 0 Å². The van der Waals surface area contributed by atoms with Crippen molar-refractivity contribution < 1.29 is 18.3 Å². The summed E-state index contributed by atoms with van der Waals surface area (Å²) in [5, 5.41) is 5.77. The SMILES string of the molecule is C=C(CC(C)NC(=O)c1cc(F)c(C2=CCNCC2)c(F)c1)OC. The zero-order valence-corrected chi connectivity index (χ0v) is 13.9. The molecule has 0 aromatic heterocycles. The molecule has 1 aliphatic rings. The summed E-state index contributed by atoms with van der Waals surface area (Å²) in [6.07, 6.45) is 2.74. The van der Waals surface area contributed by atoms with Crippen LogP contribution in [0, 0.1) is 11.6 Å². The van der Waals surface area contributed by atoms with Crippen LogP contribution in [0.1, 0.15) is 35.7 Å². The molecule has 0 aliphatic carbocycles. The highest BCUT2D eigenvalue weighted by Gasteiger charge is 2.20. The average molecular weight is 336 g/mol. The van der Waals surface area contributed by atoms with Gasteiger partial charge in [0.25, 0.3) is 5.91 Å². The van der Waals surface area contributed by atoms with E-state index in [2.05, 4.69) is 17.2 Å². The topological polar surface area (TPSA) is 50.4 Å². The summed E-state index contributed by atoms with van der Waals surface area (Å²) in [7, 11) is 1.50. The molecule has 0 radical (unpaired) electrons. The Morgan fingerprint density at radius 3 is 2.62 bits per heavy atom. The van der Waals surface area contributed by atoms with Gasteiger partial charge in [-0.25, -0.2) is 8.78 Å². The second-order valence-corrected chi connectivity index (χ2v) is 5.82. The first-order valence-electron chi connectivity index (χ1n) is 7.84. The van der Waals surface area contributed by atoms with Gasteiger partial charge in [-0.3, -0.25) is 4.79 Å². The summed E-state index contributed by atoms with van der Waals surface area (Å²) in [6, 6.07) is 1.89. The molecule has 0 saturated carbocycles. The number of rotatable bonds is 6. The molecule has 0 saturated heterocycles. The summed E-state index contributed by atoms with van der Waals surface area (Å²) < 4.78 is 33.6. The van der Waals surface area contributed by atoms with E-state index >= 15 is 0 Å². The molecule has 6 heteroatoms. The van der Waals surface area contributed by atoms with Crippen LogP contribution in [-0.4, -0.2) is 32.1 Å². The lowest BCUT2D eigenvalue weighted by atomic mass is 9.97. The average Bonchev–Trinajstić information content (AvgIpc) is 2.54. The second kappa shape index (κ2) is 8.06. The van der Waals surface area contributed by atoms with Gasteiger partial charge >= 0.3 is 0 Å². The lowest BCUT2D eigenvalue weighted by Crippen LogP contribution is -2.33. The van der Waals surface area contributed by atoms with Crippen molar-refractivity contribution in [2.75, 3.05) is 20.2 Å². The van der Waals surface area contributed by atoms with Gasteiger partial charge in [-0.15, -0.1) is 0 Å². The van der Waals surface area contributed by atoms with Gasteiger partial charge in [-0.1, -0.05) is 12.7 Å². The van der Waals surface area contributed by atoms with Crippen LogP contribution in [-0.2, 0) is 4.74 Å². The van der Waals surface area contributed by atoms with Crippen LogP contribution >= 0.6 is 0 Å². The Morgan fingerprint density at radius 1 is 1.42 bits per heavy atom. The lowest BCUT2D eigenvalue weighted by Gasteiger charge is -2.17. The number of nitrogens with one attached hydrogen (secondary N) is 2. The third-order valence-electron chi connectivity index (χ3n) is 3.89. The van der Waals surface area contributed by atoms with Crippen LogP contribution in [0.5, 0.6) is 0 Å². The summed E-state index contributed by atoms with van der Waals surface area (Å²) in [5.74, 6) is -1.45. The Labute approximate surface area is 140 Å². The van der Waals surface area contributed by atoms with Crippen molar-refractivity contribution >= 4 is 11.5 Å². The minimum atomic E-state index is -0.720. The lowest BCUT2D eigenvalue weighted by molar-refractivity contribution is 0.0936. The van der Waals surface area contributed by atoms with Crippen molar-refractivity contribution in [1.82, 2.24) is 10.6 Å². The molecule has 1 amide bonds. The van der Waals surface area contributed by atoms with E-state index < -0.39 is 17.5 Å². The molecule has 4 nitrogen and oxygen atoms in total. The van der Waals surface area contributed by atoms with Crippen LogP contribution < -0.4 is 10.6 Å². The quantitative estimate of drug-likeness (QED) is 0.785. The number of hydrogen-bond acceptors (Lipinski definition) is 3. The monoisotopic (exact) mass is 336 g/mol. The molecule has 24 heavy (non-hydrogen) atoms. The Hall–Kier alpha value is -2.21. The van der Waals surface area contributed by atoms with Gasteiger partial charge in [0.2, 0.25) is 0 Å². The van der Waals surface area contributed by atoms with Crippen molar-refractivity contribution in [2.45, 2.75) is 25.8 Å². The second-order valence-electron chi connectivity index (χ2n) is 5.82. The highest BCUT2D eigenvalue weighted by molar-refractivity contribution is 5.94. The molecule has 1 atom stereocenters. The Bertz CT molecular complexity index is 648. The summed E-state index contributed by atoms with van der Waals surface area (Å²) >= 11 is 0. The van der Waals surface area contributed by atoms with E-state index in [0.717, 1.165) is 12.1 Å². The molecule has 1 aliphatic heterocycles. The normalized spacial score (nSPS) is 15.4. The third kappa shape index (κ3) is 4.41. The fourth-order valence-corrected chi connectivity index (χ4v) is 2.64. The highest BCUT2D eigenvalue weighted by atomic mass is 19.1. The molecule has 1 aromatic carbocycles. The molecule has 0 fully saturated rings. The first-order valence-corrected chi connectivity index (χ1v) is 7.84. The molecule has 2 rings (SSSR count). The summed E-state index contributed by atoms with van der Waals surface area (Å²) in [5.41, 5.74) is 0.535. The number of benzene rings is 1. The van der Waals surface area contributed by atoms with Crippen molar-refractivity contribution in [3.05, 3.63) is 53.3 Å². The van der Waals surface area contributed by atoms with Crippen LogP contribution in [0.3, 0.4) is 0 Å². The molecule has 1 heterocycles. The van der Waals surface area contributed by atoms with Crippen LogP contribution in [0.25, 0.3) is 5.57 Å². The molecule has 0 bridgehead atoms. The van der Waals surface area contributed by atoms with Gasteiger partial charge in [0.05, 0.1) is 12.9 Å². The predicted octanol–water partition coefficient (Wildman–Crippen LogP) is 3.01. The van der Waals surface area contributed by atoms with E-state index in [1.807, 2.05) is 0 Å². The minimum Gasteiger partial charge on any atom is -0.502 e. The van der Waals surface area contributed by atoms with Crippen LogP contribution in [0.4, 0.5) is 8.78 Å². The first-order chi connectivity index (χ1) is 11.4. The van der Waals surface area contributed by atoms with Gasteiger partial charge < -0.3 is 15.4 Å². The Kier molecular flexibility index (Phi) is 6.09. The van der Waals surface area contributed by atoms with Crippen molar-refractivity contribution in [3.63, 3.8) is 0 Å². The van der Waals surface area contributed by atoms with Crippen LogP contribution in [0.15, 0.2) is 30.5 Å². The molecule has 0 spiro atoms. The predicted molar refractivity (Wildman–Crippen MR) is 89.5 cm³/mol. The Balaban J connectivity index is 2.16. The van der Waals surface area contributed by atoms with Gasteiger partial charge in [0.15, 0.2) is 0 Å². The fraction of sp³-hybridized carbons (Fsp3) is 0.389. The van der Waals surface area contributed by atoms with E-state index in [1.165, 1.54) is 7.11 Å². The summed E-state index contributed by atoms with van der Waals surface area (Å²) in [6.45, 7) is 6.70. The first kappa shape index (κ1) is 18.1. The van der Waals surface area contributed by atoms with Crippen molar-refractivity contribution in [2.24, 2.45) is 0 Å². The maximum Gasteiger partial charge on any atom is 0.251 e. The molecular formula is C18H22F2N2O2. The van der Waals surface area contributed by atoms with E-state index in [0.29, 0.717) is 37.3 Å². The van der Waals surface area contributed by atoms with E-state index in [1.54, 1.807) is 13.0 Å². The number of methoxy groups -OCH3 is 1. The Morgan fingerprint density at radius 2 is 2.08 bits per heavy atom. The molecular weight excluding hydrogens is 314 g/mol. The van der Waals surface area contributed by atoms with Gasteiger partial charge in [-0.05, 0) is 37.6 Å². The fourth-order valence-electron chi connectivity index (χ4n) is 2.64. The number of hydrogen-bond donors (Lipinski definition) is 2. The van der Waals surface area contributed by atoms with Gasteiger partial charge in [0.1, 0.15) is 11.6 Å². The van der Waals surface area contributed by atoms with Crippen LogP contribution in [0.2, 0.25) is 0 Å². The number of amides is 1. The third-order valence-corrected chi connectivity index (χ3v) is 3.89. The van der Waals surface area contributed by atoms with E-state index in [4.69, 9.17) is 4.74 Å². The largest absolute Gasteiger partial charge is 0.502 e. The molecule has 2 N–H and O–H groups in total. The van der Waals surface area contributed by atoms with E-state index in [9.17, 15) is 13.6 Å². The number of carbonyl (C=O) groups is 1. The van der Waals surface area contributed by atoms with Gasteiger partial charge in [0, 0.05) is 30.1 Å². The highest BCUT2D eigenvalue weighted by Crippen LogP contribution is 2.26. The minimum absolute atomic E-state index is 0.0434. The van der Waals surface area contributed by atoms with Crippen molar-refractivity contribution in [1.29, 1.82) is 0 Å². The number of halogens is 2. The maximum absolute atomic E-state index is 14.3. The smallest absolute Gasteiger partial charge is 0.251 e. The van der Waals surface area contributed by atoms with Gasteiger partial charge in [-0.2, -0.15) is 0 Å². The molecule has 130 valence electrons. The zero-order valence-electron chi connectivity index (χ0n) is 13.9. The zero-order chi connectivity index (χ0) is 17.7.